The Morgan fingerprint density at radius 3 is 2.50 bits per heavy atom. The van der Waals surface area contributed by atoms with Crippen molar-refractivity contribution in [3.8, 4) is 0 Å². The molecule has 0 bridgehead atoms. The van der Waals surface area contributed by atoms with Gasteiger partial charge in [0.2, 0.25) is 0 Å². The minimum absolute atomic E-state index is 0.360. The zero-order chi connectivity index (χ0) is 5.98. The molecule has 0 unspecified atom stereocenters. The maximum absolute atomic E-state index is 5.38. The maximum atomic E-state index is 5.38. The van der Waals surface area contributed by atoms with Gasteiger partial charge in [0, 0.05) is 6.92 Å². The molecule has 8 heavy (non-hydrogen) atoms. The highest BCUT2D eigenvalue weighted by molar-refractivity contribution is 6.29. The molecule has 0 saturated heterocycles. The van der Waals surface area contributed by atoms with Crippen LogP contribution in [0.15, 0.2) is 12.1 Å². The highest BCUT2D eigenvalue weighted by atomic mass is 35.5. The van der Waals surface area contributed by atoms with E-state index in [1.165, 1.54) is 0 Å². The van der Waals surface area contributed by atoms with Gasteiger partial charge in [-0.25, -0.2) is 0 Å². The Hall–Kier alpha value is -0.630. The summed E-state index contributed by atoms with van der Waals surface area (Å²) < 4.78 is 0. The number of hydrogen-bond acceptors (Lipinski definition) is 2. The molecule has 0 amide bonds. The third-order valence-corrected chi connectivity index (χ3v) is 0.854. The van der Waals surface area contributed by atoms with Crippen LogP contribution in [0.5, 0.6) is 0 Å². The minimum Gasteiger partial charge on any atom is -0.154 e. The van der Waals surface area contributed by atoms with Gasteiger partial charge in [0.15, 0.2) is 5.15 Å². The van der Waals surface area contributed by atoms with Crippen LogP contribution >= 0.6 is 11.6 Å². The molecule has 0 aliphatic carbocycles. The summed E-state index contributed by atoms with van der Waals surface area (Å²) in [5.74, 6) is 0. The highest BCUT2D eigenvalue weighted by Crippen LogP contribution is 1.99. The van der Waals surface area contributed by atoms with Crippen molar-refractivity contribution >= 4 is 11.6 Å². The zero-order valence-corrected chi connectivity index (χ0v) is 4.76. The third kappa shape index (κ3) is 1.17. The fraction of sp³-hybridized carbons (Fsp3) is 0. The molecule has 2 radical (unpaired) electrons. The lowest BCUT2D eigenvalue weighted by atomic mass is 10.4. The Morgan fingerprint density at radius 1 is 1.38 bits per heavy atom. The van der Waals surface area contributed by atoms with Gasteiger partial charge in [0.05, 0.1) is 5.69 Å². The van der Waals surface area contributed by atoms with Crippen LogP contribution in [0, 0.1) is 6.92 Å². The van der Waals surface area contributed by atoms with Crippen LogP contribution in [0.4, 0.5) is 0 Å². The molecule has 40 valence electrons. The van der Waals surface area contributed by atoms with Gasteiger partial charge in [-0.15, -0.1) is 5.10 Å². The topological polar surface area (TPSA) is 25.8 Å². The summed E-state index contributed by atoms with van der Waals surface area (Å²) in [4.78, 5) is 0. The molecule has 1 aromatic rings. The number of rotatable bonds is 0. The molecule has 0 aliphatic heterocycles. The first-order valence-corrected chi connectivity index (χ1v) is 2.41. The van der Waals surface area contributed by atoms with Gasteiger partial charge in [-0.2, -0.15) is 5.10 Å². The second kappa shape index (κ2) is 2.09. The van der Waals surface area contributed by atoms with Crippen molar-refractivity contribution in [2.75, 3.05) is 0 Å². The molecule has 0 N–H and O–H groups in total. The fourth-order valence-electron chi connectivity index (χ4n) is 0.326. The van der Waals surface area contributed by atoms with Gasteiger partial charge >= 0.3 is 0 Å². The molecule has 2 nitrogen and oxygen atoms in total. The van der Waals surface area contributed by atoms with Crippen molar-refractivity contribution in [3.63, 3.8) is 0 Å². The first-order valence-electron chi connectivity index (χ1n) is 2.04. The summed E-state index contributed by atoms with van der Waals surface area (Å²) in [6.45, 7) is 5.19. The standard InChI is InChI=1S/C5H3ClN2/c1-4-2-3-5(6)8-7-4/h1-3H. The van der Waals surface area contributed by atoms with E-state index in [2.05, 4.69) is 10.2 Å². The summed E-state index contributed by atoms with van der Waals surface area (Å²) in [5.41, 5.74) is 0.384. The Labute approximate surface area is 52.5 Å². The quantitative estimate of drug-likeness (QED) is 0.522. The van der Waals surface area contributed by atoms with Gasteiger partial charge in [0.1, 0.15) is 0 Å². The van der Waals surface area contributed by atoms with Crippen molar-refractivity contribution < 1.29 is 0 Å². The Bertz CT molecular complexity index is 149. The van der Waals surface area contributed by atoms with Gasteiger partial charge in [-0.1, -0.05) is 11.6 Å². The normalized spacial score (nSPS) is 9.25. The second-order valence-electron chi connectivity index (χ2n) is 1.28. The molecule has 0 aromatic carbocycles. The van der Waals surface area contributed by atoms with E-state index in [0.29, 0.717) is 10.8 Å². The SMILES string of the molecule is [CH]c1ccc(Cl)nn1. The molecule has 1 heterocycles. The predicted octanol–water partition coefficient (Wildman–Crippen LogP) is 1.19. The molecule has 3 heteroatoms. The van der Waals surface area contributed by atoms with Crippen molar-refractivity contribution in [3.05, 3.63) is 29.9 Å². The average molecular weight is 127 g/mol. The molecule has 1 rings (SSSR count). The largest absolute Gasteiger partial charge is 0.154 e. The van der Waals surface area contributed by atoms with Crippen molar-refractivity contribution in [2.24, 2.45) is 0 Å². The first-order chi connectivity index (χ1) is 3.79. The van der Waals surface area contributed by atoms with Crippen LogP contribution in [-0.2, 0) is 0 Å². The summed E-state index contributed by atoms with van der Waals surface area (Å²) in [7, 11) is 0. The maximum Gasteiger partial charge on any atom is 0.151 e. The molecule has 0 fully saturated rings. The molecule has 0 aliphatic rings. The fourth-order valence-corrected chi connectivity index (χ4v) is 0.427. The van der Waals surface area contributed by atoms with Gasteiger partial charge < -0.3 is 0 Å². The van der Waals surface area contributed by atoms with E-state index in [4.69, 9.17) is 18.5 Å². The summed E-state index contributed by atoms with van der Waals surface area (Å²) in [5, 5.41) is 7.30. The molecule has 0 atom stereocenters. The molecule has 0 spiro atoms. The van der Waals surface area contributed by atoms with Crippen molar-refractivity contribution in [2.45, 2.75) is 0 Å². The molecular formula is C5H3ClN2. The van der Waals surface area contributed by atoms with Gasteiger partial charge in [0.25, 0.3) is 0 Å². The van der Waals surface area contributed by atoms with E-state index < -0.39 is 0 Å². The van der Waals surface area contributed by atoms with E-state index >= 15 is 0 Å². The van der Waals surface area contributed by atoms with E-state index in [1.807, 2.05) is 0 Å². The first kappa shape index (κ1) is 5.51. The highest BCUT2D eigenvalue weighted by Gasteiger charge is 1.85. The molecule has 1 aromatic heterocycles. The third-order valence-electron chi connectivity index (χ3n) is 0.653. The van der Waals surface area contributed by atoms with E-state index in [0.717, 1.165) is 0 Å². The Morgan fingerprint density at radius 2 is 2.12 bits per heavy atom. The Balaban J connectivity index is 3.03. The van der Waals surface area contributed by atoms with Crippen LogP contribution in [-0.4, -0.2) is 10.2 Å². The van der Waals surface area contributed by atoms with E-state index in [-0.39, 0.29) is 0 Å². The van der Waals surface area contributed by atoms with E-state index in [1.54, 1.807) is 12.1 Å². The second-order valence-corrected chi connectivity index (χ2v) is 1.67. The number of nitrogens with zero attached hydrogens (tertiary/aromatic N) is 2. The smallest absolute Gasteiger partial charge is 0.151 e. The zero-order valence-electron chi connectivity index (χ0n) is 4.00. The molecule has 0 saturated carbocycles. The van der Waals surface area contributed by atoms with Crippen LogP contribution in [0.2, 0.25) is 5.15 Å². The lowest BCUT2D eigenvalue weighted by molar-refractivity contribution is 1.01. The predicted molar refractivity (Wildman–Crippen MR) is 30.4 cm³/mol. The van der Waals surface area contributed by atoms with Gasteiger partial charge in [-0.3, -0.25) is 0 Å². The van der Waals surface area contributed by atoms with Crippen LogP contribution < -0.4 is 0 Å². The van der Waals surface area contributed by atoms with Crippen LogP contribution in [0.25, 0.3) is 0 Å². The van der Waals surface area contributed by atoms with Gasteiger partial charge in [-0.05, 0) is 12.1 Å². The number of aromatic nitrogens is 2. The van der Waals surface area contributed by atoms with Crippen LogP contribution in [0.1, 0.15) is 5.69 Å². The van der Waals surface area contributed by atoms with Crippen LogP contribution in [0.3, 0.4) is 0 Å². The van der Waals surface area contributed by atoms with Crippen molar-refractivity contribution in [1.82, 2.24) is 10.2 Å². The summed E-state index contributed by atoms with van der Waals surface area (Å²) in [6, 6.07) is 3.18. The van der Waals surface area contributed by atoms with Crippen molar-refractivity contribution in [1.29, 1.82) is 0 Å². The van der Waals surface area contributed by atoms with E-state index in [9.17, 15) is 0 Å². The lowest BCUT2D eigenvalue weighted by Crippen LogP contribution is -1.83. The molecular weight excluding hydrogens is 124 g/mol. The summed E-state index contributed by atoms with van der Waals surface area (Å²) >= 11 is 5.38. The Kier molecular flexibility index (Phi) is 1.44. The average Bonchev–Trinajstić information content (AvgIpc) is 1.77. The number of halogens is 1. The number of hydrogen-bond donors (Lipinski definition) is 0. The summed E-state index contributed by atoms with van der Waals surface area (Å²) in [6.07, 6.45) is 0. The lowest BCUT2D eigenvalue weighted by Gasteiger charge is -1.85. The monoisotopic (exact) mass is 126 g/mol. The minimum atomic E-state index is 0.360.